The molecule has 0 aromatic heterocycles. The molecule has 1 fully saturated rings. The highest BCUT2D eigenvalue weighted by Crippen LogP contribution is 2.21. The largest absolute Gasteiger partial charge is 0.372 e. The summed E-state index contributed by atoms with van der Waals surface area (Å²) in [5, 5.41) is 13.4. The quantitative estimate of drug-likeness (QED) is 0.683. The molecule has 0 radical (unpaired) electrons. The number of nitrogens with zero attached hydrogens (tertiary/aromatic N) is 2. The van der Waals surface area contributed by atoms with Crippen molar-refractivity contribution in [1.29, 1.82) is 0 Å². The van der Waals surface area contributed by atoms with E-state index in [2.05, 4.69) is 5.32 Å². The molecule has 7 heteroatoms. The van der Waals surface area contributed by atoms with E-state index in [1.807, 2.05) is 13.8 Å². The van der Waals surface area contributed by atoms with E-state index >= 15 is 0 Å². The molecule has 0 spiro atoms. The SMILES string of the molecule is CCC1(C)CN(C(=O)NCc2ccc([N+](=O)[O-])cc2)CCO1. The number of ether oxygens (including phenoxy) is 1. The molecule has 1 N–H and O–H groups in total. The van der Waals surface area contributed by atoms with Crippen molar-refractivity contribution in [2.45, 2.75) is 32.4 Å². The Morgan fingerprint density at radius 2 is 2.14 bits per heavy atom. The number of morpholine rings is 1. The maximum absolute atomic E-state index is 12.2. The zero-order chi connectivity index (χ0) is 16.2. The van der Waals surface area contributed by atoms with Gasteiger partial charge < -0.3 is 15.0 Å². The zero-order valence-electron chi connectivity index (χ0n) is 12.9. The van der Waals surface area contributed by atoms with Gasteiger partial charge in [-0.15, -0.1) is 0 Å². The lowest BCUT2D eigenvalue weighted by atomic mass is 10.0. The minimum Gasteiger partial charge on any atom is -0.372 e. The van der Waals surface area contributed by atoms with E-state index < -0.39 is 4.92 Å². The topological polar surface area (TPSA) is 84.7 Å². The van der Waals surface area contributed by atoms with E-state index in [9.17, 15) is 14.9 Å². The molecule has 1 heterocycles. The molecule has 2 rings (SSSR count). The predicted octanol–water partition coefficient (Wildman–Crippen LogP) is 2.31. The first-order valence-corrected chi connectivity index (χ1v) is 7.33. The summed E-state index contributed by atoms with van der Waals surface area (Å²) in [6.45, 7) is 6.06. The first-order valence-electron chi connectivity index (χ1n) is 7.33. The van der Waals surface area contributed by atoms with Crippen LogP contribution in [0.15, 0.2) is 24.3 Å². The van der Waals surface area contributed by atoms with Crippen LogP contribution in [-0.2, 0) is 11.3 Å². The Labute approximate surface area is 129 Å². The lowest BCUT2D eigenvalue weighted by molar-refractivity contribution is -0.384. The van der Waals surface area contributed by atoms with Crippen LogP contribution in [0.2, 0.25) is 0 Å². The summed E-state index contributed by atoms with van der Waals surface area (Å²) in [6.07, 6.45) is 0.846. The number of nitrogens with one attached hydrogen (secondary N) is 1. The molecular formula is C15H21N3O4. The molecule has 1 atom stereocenters. The van der Waals surface area contributed by atoms with Crippen LogP contribution in [0.25, 0.3) is 0 Å². The molecule has 1 unspecified atom stereocenters. The fourth-order valence-electron chi connectivity index (χ4n) is 2.34. The second kappa shape index (κ2) is 6.74. The average Bonchev–Trinajstić information content (AvgIpc) is 2.53. The number of carbonyl (C=O) groups excluding carboxylic acids is 1. The van der Waals surface area contributed by atoms with Crippen molar-refractivity contribution in [1.82, 2.24) is 10.2 Å². The number of rotatable bonds is 4. The summed E-state index contributed by atoms with van der Waals surface area (Å²) < 4.78 is 5.71. The molecule has 22 heavy (non-hydrogen) atoms. The van der Waals surface area contributed by atoms with Crippen molar-refractivity contribution in [2.24, 2.45) is 0 Å². The summed E-state index contributed by atoms with van der Waals surface area (Å²) in [5.74, 6) is 0. The van der Waals surface area contributed by atoms with Gasteiger partial charge in [-0.05, 0) is 18.9 Å². The van der Waals surface area contributed by atoms with Gasteiger partial charge in [0.15, 0.2) is 0 Å². The van der Waals surface area contributed by atoms with Crippen LogP contribution >= 0.6 is 0 Å². The standard InChI is InChI=1S/C15H21N3O4/c1-3-15(2)11-17(8-9-22-15)14(19)16-10-12-4-6-13(7-5-12)18(20)21/h4-7H,3,8-11H2,1-2H3,(H,16,19). The number of amides is 2. The van der Waals surface area contributed by atoms with Crippen LogP contribution in [0.4, 0.5) is 10.5 Å². The van der Waals surface area contributed by atoms with E-state index in [4.69, 9.17) is 4.74 Å². The summed E-state index contributed by atoms with van der Waals surface area (Å²) in [7, 11) is 0. The number of benzene rings is 1. The minimum atomic E-state index is -0.443. The number of nitro groups is 1. The van der Waals surface area contributed by atoms with Gasteiger partial charge in [0.05, 0.1) is 23.7 Å². The van der Waals surface area contributed by atoms with Crippen molar-refractivity contribution >= 4 is 11.7 Å². The van der Waals surface area contributed by atoms with E-state index in [0.29, 0.717) is 26.2 Å². The Kier molecular flexibility index (Phi) is 4.97. The summed E-state index contributed by atoms with van der Waals surface area (Å²) in [5.41, 5.74) is 0.579. The number of carbonyl (C=O) groups is 1. The Balaban J connectivity index is 1.88. The van der Waals surface area contributed by atoms with Crippen molar-refractivity contribution in [2.75, 3.05) is 19.7 Å². The van der Waals surface area contributed by atoms with E-state index in [-0.39, 0.29) is 17.3 Å². The Hall–Kier alpha value is -2.15. The van der Waals surface area contributed by atoms with Crippen LogP contribution < -0.4 is 5.32 Å². The first-order chi connectivity index (χ1) is 10.4. The van der Waals surface area contributed by atoms with Crippen LogP contribution in [0, 0.1) is 10.1 Å². The fraction of sp³-hybridized carbons (Fsp3) is 0.533. The van der Waals surface area contributed by atoms with Crippen LogP contribution in [-0.4, -0.2) is 41.2 Å². The molecule has 1 aromatic rings. The summed E-state index contributed by atoms with van der Waals surface area (Å²) in [6, 6.07) is 6.03. The highest BCUT2D eigenvalue weighted by atomic mass is 16.6. The van der Waals surface area contributed by atoms with Gasteiger partial charge >= 0.3 is 6.03 Å². The maximum atomic E-state index is 12.2. The molecule has 1 aromatic carbocycles. The van der Waals surface area contributed by atoms with Crippen LogP contribution in [0.1, 0.15) is 25.8 Å². The van der Waals surface area contributed by atoms with Crippen LogP contribution in [0.5, 0.6) is 0 Å². The third-order valence-corrected chi connectivity index (χ3v) is 3.96. The average molecular weight is 307 g/mol. The normalized spacial score (nSPS) is 21.5. The van der Waals surface area contributed by atoms with Gasteiger partial charge in [0.2, 0.25) is 0 Å². The van der Waals surface area contributed by atoms with Gasteiger partial charge in [0.25, 0.3) is 5.69 Å². The Bertz CT molecular complexity index is 546. The highest BCUT2D eigenvalue weighted by Gasteiger charge is 2.32. The molecular weight excluding hydrogens is 286 g/mol. The lowest BCUT2D eigenvalue weighted by Crippen LogP contribution is -2.54. The lowest BCUT2D eigenvalue weighted by Gasteiger charge is -2.39. The second-order valence-electron chi connectivity index (χ2n) is 5.66. The third kappa shape index (κ3) is 3.94. The van der Waals surface area contributed by atoms with E-state index in [0.717, 1.165) is 12.0 Å². The Morgan fingerprint density at radius 1 is 1.45 bits per heavy atom. The molecule has 2 amide bonds. The predicted molar refractivity (Wildman–Crippen MR) is 81.6 cm³/mol. The highest BCUT2D eigenvalue weighted by molar-refractivity contribution is 5.74. The van der Waals surface area contributed by atoms with Gasteiger partial charge in [-0.1, -0.05) is 19.1 Å². The first kappa shape index (κ1) is 16.2. The summed E-state index contributed by atoms with van der Waals surface area (Å²) >= 11 is 0. The van der Waals surface area contributed by atoms with Gasteiger partial charge in [-0.3, -0.25) is 10.1 Å². The van der Waals surface area contributed by atoms with Gasteiger partial charge in [-0.25, -0.2) is 4.79 Å². The number of nitro benzene ring substituents is 1. The summed E-state index contributed by atoms with van der Waals surface area (Å²) in [4.78, 5) is 24.1. The molecule has 1 aliphatic heterocycles. The van der Waals surface area contributed by atoms with Crippen molar-refractivity contribution in [3.05, 3.63) is 39.9 Å². The van der Waals surface area contributed by atoms with Gasteiger partial charge in [0, 0.05) is 25.2 Å². The van der Waals surface area contributed by atoms with E-state index in [1.54, 1.807) is 17.0 Å². The Morgan fingerprint density at radius 3 is 2.73 bits per heavy atom. The third-order valence-electron chi connectivity index (χ3n) is 3.96. The molecule has 0 bridgehead atoms. The number of hydrogen-bond donors (Lipinski definition) is 1. The van der Waals surface area contributed by atoms with Crippen molar-refractivity contribution in [3.8, 4) is 0 Å². The van der Waals surface area contributed by atoms with Gasteiger partial charge in [0.1, 0.15) is 0 Å². The maximum Gasteiger partial charge on any atom is 0.317 e. The molecule has 0 saturated carbocycles. The molecule has 1 saturated heterocycles. The monoisotopic (exact) mass is 307 g/mol. The minimum absolute atomic E-state index is 0.0435. The van der Waals surface area contributed by atoms with Crippen LogP contribution in [0.3, 0.4) is 0 Å². The fourth-order valence-corrected chi connectivity index (χ4v) is 2.34. The van der Waals surface area contributed by atoms with Gasteiger partial charge in [-0.2, -0.15) is 0 Å². The molecule has 120 valence electrons. The smallest absolute Gasteiger partial charge is 0.317 e. The van der Waals surface area contributed by atoms with Crippen molar-refractivity contribution in [3.63, 3.8) is 0 Å². The number of hydrogen-bond acceptors (Lipinski definition) is 4. The second-order valence-corrected chi connectivity index (χ2v) is 5.66. The zero-order valence-corrected chi connectivity index (χ0v) is 12.9. The number of urea groups is 1. The van der Waals surface area contributed by atoms with E-state index in [1.165, 1.54) is 12.1 Å². The molecule has 1 aliphatic rings. The molecule has 7 nitrogen and oxygen atoms in total. The number of non-ortho nitro benzene ring substituents is 1. The molecule has 0 aliphatic carbocycles. The van der Waals surface area contributed by atoms with Crippen molar-refractivity contribution < 1.29 is 14.5 Å².